The first kappa shape index (κ1) is 10.9. The number of rotatable bonds is 1. The maximum atomic E-state index is 5.30. The zero-order valence-electron chi connectivity index (χ0n) is 10.0. The molecule has 0 fully saturated rings. The molecular weight excluding hydrogens is 232 g/mol. The number of thiophene rings is 1. The minimum atomic E-state index is 0.459. The van der Waals surface area contributed by atoms with Crippen LogP contribution < -0.4 is 15.4 Å². The van der Waals surface area contributed by atoms with E-state index in [0.29, 0.717) is 6.04 Å². The van der Waals surface area contributed by atoms with E-state index in [1.165, 1.54) is 20.7 Å². The van der Waals surface area contributed by atoms with Crippen LogP contribution in [0.3, 0.4) is 0 Å². The van der Waals surface area contributed by atoms with E-state index in [2.05, 4.69) is 29.7 Å². The smallest absolute Gasteiger partial charge is 0.119 e. The molecule has 3 rings (SSSR count). The zero-order valence-corrected chi connectivity index (χ0v) is 10.9. The van der Waals surface area contributed by atoms with Crippen molar-refractivity contribution in [1.82, 2.24) is 5.32 Å². The number of hydrogen-bond acceptors (Lipinski definition) is 4. The number of hydrogen-bond donors (Lipinski definition) is 2. The molecule has 2 N–H and O–H groups in total. The first-order chi connectivity index (χ1) is 8.28. The van der Waals surface area contributed by atoms with Crippen LogP contribution in [-0.4, -0.2) is 19.7 Å². The Labute approximate surface area is 105 Å². The van der Waals surface area contributed by atoms with E-state index < -0.39 is 0 Å². The van der Waals surface area contributed by atoms with E-state index in [0.717, 1.165) is 18.8 Å². The minimum absolute atomic E-state index is 0.459. The second kappa shape index (κ2) is 4.20. The second-order valence-electron chi connectivity index (χ2n) is 4.44. The molecule has 0 bridgehead atoms. The van der Waals surface area contributed by atoms with Crippen LogP contribution in [0.5, 0.6) is 5.75 Å². The maximum absolute atomic E-state index is 5.30. The first-order valence-corrected chi connectivity index (χ1v) is 6.66. The number of methoxy groups -OCH3 is 1. The predicted octanol–water partition coefficient (Wildman–Crippen LogP) is 2.81. The van der Waals surface area contributed by atoms with Crippen molar-refractivity contribution in [2.45, 2.75) is 19.5 Å². The van der Waals surface area contributed by atoms with Gasteiger partial charge in [-0.2, -0.15) is 0 Å². The molecule has 3 nitrogen and oxygen atoms in total. The summed E-state index contributed by atoms with van der Waals surface area (Å²) in [5, 5.41) is 8.33. The van der Waals surface area contributed by atoms with Crippen LogP contribution in [0.25, 0.3) is 10.1 Å². The van der Waals surface area contributed by atoms with Crippen molar-refractivity contribution < 1.29 is 4.74 Å². The highest BCUT2D eigenvalue weighted by Crippen LogP contribution is 2.38. The number of nitrogens with one attached hydrogen (secondary N) is 2. The van der Waals surface area contributed by atoms with Crippen LogP contribution in [0.4, 0.5) is 5.69 Å². The lowest BCUT2D eigenvalue weighted by Crippen LogP contribution is -2.26. The van der Waals surface area contributed by atoms with Gasteiger partial charge >= 0.3 is 0 Å². The summed E-state index contributed by atoms with van der Waals surface area (Å²) < 4.78 is 6.62. The highest BCUT2D eigenvalue weighted by molar-refractivity contribution is 7.19. The van der Waals surface area contributed by atoms with Gasteiger partial charge in [0.2, 0.25) is 0 Å². The predicted molar refractivity (Wildman–Crippen MR) is 73.2 cm³/mol. The van der Waals surface area contributed by atoms with E-state index in [-0.39, 0.29) is 0 Å². The molecule has 0 aliphatic carbocycles. The third kappa shape index (κ3) is 1.87. The van der Waals surface area contributed by atoms with E-state index >= 15 is 0 Å². The third-order valence-electron chi connectivity index (χ3n) is 3.09. The average molecular weight is 248 g/mol. The summed E-state index contributed by atoms with van der Waals surface area (Å²) in [6.45, 7) is 4.16. The lowest BCUT2D eigenvalue weighted by Gasteiger charge is -2.11. The largest absolute Gasteiger partial charge is 0.497 e. The molecule has 0 spiro atoms. The summed E-state index contributed by atoms with van der Waals surface area (Å²) in [7, 11) is 1.71. The fraction of sp³-hybridized carbons (Fsp3) is 0.385. The van der Waals surface area contributed by atoms with Gasteiger partial charge in [0.25, 0.3) is 0 Å². The van der Waals surface area contributed by atoms with Crippen LogP contribution in [-0.2, 0) is 6.54 Å². The molecule has 1 atom stereocenters. The first-order valence-electron chi connectivity index (χ1n) is 5.84. The van der Waals surface area contributed by atoms with Crippen molar-refractivity contribution in [3.63, 3.8) is 0 Å². The van der Waals surface area contributed by atoms with Gasteiger partial charge in [0, 0.05) is 34.1 Å². The van der Waals surface area contributed by atoms with Gasteiger partial charge in [-0.3, -0.25) is 0 Å². The van der Waals surface area contributed by atoms with Crippen LogP contribution in [0.1, 0.15) is 11.8 Å². The molecule has 1 aliphatic rings. The van der Waals surface area contributed by atoms with E-state index in [1.54, 1.807) is 7.11 Å². The van der Waals surface area contributed by atoms with Gasteiger partial charge in [-0.25, -0.2) is 0 Å². The summed E-state index contributed by atoms with van der Waals surface area (Å²) in [6.07, 6.45) is 0. The number of anilines is 1. The molecule has 1 unspecified atom stereocenters. The zero-order chi connectivity index (χ0) is 11.8. The summed E-state index contributed by atoms with van der Waals surface area (Å²) >= 11 is 1.85. The molecule has 2 heterocycles. The molecule has 0 saturated heterocycles. The molecule has 1 aromatic heterocycles. The monoisotopic (exact) mass is 248 g/mol. The van der Waals surface area contributed by atoms with Gasteiger partial charge in [0.15, 0.2) is 0 Å². The van der Waals surface area contributed by atoms with Crippen LogP contribution in [0.2, 0.25) is 0 Å². The average Bonchev–Trinajstić information content (AvgIpc) is 2.55. The van der Waals surface area contributed by atoms with Gasteiger partial charge in [0.1, 0.15) is 5.75 Å². The number of ether oxygens (including phenoxy) is 1. The van der Waals surface area contributed by atoms with Crippen molar-refractivity contribution in [2.24, 2.45) is 0 Å². The quantitative estimate of drug-likeness (QED) is 0.814. The van der Waals surface area contributed by atoms with Crippen molar-refractivity contribution in [3.8, 4) is 5.75 Å². The normalized spacial score (nSPS) is 19.5. The Morgan fingerprint density at radius 2 is 2.29 bits per heavy atom. The Balaban J connectivity index is 2.17. The fourth-order valence-corrected chi connectivity index (χ4v) is 3.35. The van der Waals surface area contributed by atoms with E-state index in [9.17, 15) is 0 Å². The molecule has 90 valence electrons. The number of benzene rings is 1. The Hall–Kier alpha value is -1.26. The van der Waals surface area contributed by atoms with Gasteiger partial charge in [-0.1, -0.05) is 0 Å². The minimum Gasteiger partial charge on any atom is -0.497 e. The molecule has 2 aromatic rings. The highest BCUT2D eigenvalue weighted by atomic mass is 32.1. The summed E-state index contributed by atoms with van der Waals surface area (Å²) in [4.78, 5) is 1.39. The van der Waals surface area contributed by atoms with Crippen LogP contribution in [0.15, 0.2) is 18.2 Å². The summed E-state index contributed by atoms with van der Waals surface area (Å²) in [5.41, 5.74) is 1.28. The van der Waals surface area contributed by atoms with Gasteiger partial charge < -0.3 is 15.4 Å². The molecule has 0 amide bonds. The molecule has 0 radical (unpaired) electrons. The van der Waals surface area contributed by atoms with Gasteiger partial charge in [-0.05, 0) is 25.1 Å². The van der Waals surface area contributed by atoms with Crippen molar-refractivity contribution >= 4 is 27.1 Å². The molecule has 17 heavy (non-hydrogen) atoms. The standard InChI is InChI=1S/C13H16N2OS/c1-8-6-14-7-12-13(15-8)10-5-9(16-2)3-4-11(10)17-12/h3-5,8,14-15H,6-7H2,1-2H3. The topological polar surface area (TPSA) is 33.3 Å². The highest BCUT2D eigenvalue weighted by Gasteiger charge is 2.17. The SMILES string of the molecule is COc1ccc2sc3c(c2c1)NC(C)CNC3. The van der Waals surface area contributed by atoms with Gasteiger partial charge in [-0.15, -0.1) is 11.3 Å². The van der Waals surface area contributed by atoms with Crippen LogP contribution >= 0.6 is 11.3 Å². The lowest BCUT2D eigenvalue weighted by atomic mass is 10.2. The third-order valence-corrected chi connectivity index (χ3v) is 4.27. The molecule has 1 aliphatic heterocycles. The summed E-state index contributed by atoms with van der Waals surface area (Å²) in [5.74, 6) is 0.921. The van der Waals surface area contributed by atoms with Crippen molar-refractivity contribution in [2.75, 3.05) is 19.0 Å². The molecule has 4 heteroatoms. The Bertz CT molecular complexity index is 550. The molecule has 1 aromatic carbocycles. The lowest BCUT2D eigenvalue weighted by molar-refractivity contribution is 0.415. The van der Waals surface area contributed by atoms with E-state index in [4.69, 9.17) is 4.74 Å². The van der Waals surface area contributed by atoms with E-state index in [1.807, 2.05) is 17.4 Å². The Morgan fingerprint density at radius 1 is 1.41 bits per heavy atom. The second-order valence-corrected chi connectivity index (χ2v) is 5.58. The fourth-order valence-electron chi connectivity index (χ4n) is 2.24. The van der Waals surface area contributed by atoms with Crippen molar-refractivity contribution in [3.05, 3.63) is 23.1 Å². The summed E-state index contributed by atoms with van der Waals surface area (Å²) in [6, 6.07) is 6.74. The molecular formula is C13H16N2OS. The van der Waals surface area contributed by atoms with Gasteiger partial charge in [0.05, 0.1) is 12.8 Å². The maximum Gasteiger partial charge on any atom is 0.119 e. The number of fused-ring (bicyclic) bond motifs is 3. The molecule has 0 saturated carbocycles. The van der Waals surface area contributed by atoms with Crippen molar-refractivity contribution in [1.29, 1.82) is 0 Å². The Kier molecular flexibility index (Phi) is 2.68. The van der Waals surface area contributed by atoms with Crippen LogP contribution in [0, 0.1) is 0 Å². The Morgan fingerprint density at radius 3 is 3.12 bits per heavy atom.